The third-order valence-corrected chi connectivity index (χ3v) is 2.30. The molecule has 0 aromatic heterocycles. The topological polar surface area (TPSA) is 26.3 Å². The first-order valence-corrected chi connectivity index (χ1v) is 6.31. The van der Waals surface area contributed by atoms with Gasteiger partial charge in [-0.25, -0.2) is 0 Å². The van der Waals surface area contributed by atoms with E-state index in [0.29, 0.717) is 12.8 Å². The van der Waals surface area contributed by atoms with Gasteiger partial charge in [0.05, 0.1) is 0 Å². The van der Waals surface area contributed by atoms with Crippen LogP contribution >= 0.6 is 12.6 Å². The number of carbonyl (C=O) groups excluding carboxylic acids is 1. The molecule has 0 fully saturated rings. The highest BCUT2D eigenvalue weighted by atomic mass is 32.1. The van der Waals surface area contributed by atoms with Crippen molar-refractivity contribution < 1.29 is 9.53 Å². The Kier molecular flexibility index (Phi) is 5.30. The Hall–Kier alpha value is -1.40. The zero-order valence-corrected chi connectivity index (χ0v) is 11.9. The van der Waals surface area contributed by atoms with Gasteiger partial charge in [0.15, 0.2) is 0 Å². The van der Waals surface area contributed by atoms with Crippen LogP contribution in [0.2, 0.25) is 0 Å². The predicted molar refractivity (Wildman–Crippen MR) is 76.5 cm³/mol. The van der Waals surface area contributed by atoms with E-state index in [1.54, 1.807) is 0 Å². The largest absolute Gasteiger partial charge is 0.460 e. The lowest BCUT2D eigenvalue weighted by molar-refractivity contribution is -0.154. The number of carbonyl (C=O) groups is 1. The molecule has 0 radical (unpaired) electrons. The monoisotopic (exact) mass is 262 g/mol. The molecule has 18 heavy (non-hydrogen) atoms. The van der Waals surface area contributed by atoms with Crippen molar-refractivity contribution in [3.63, 3.8) is 0 Å². The molecule has 1 aromatic rings. The Balaban J connectivity index is 2.48. The Bertz CT molecular complexity index is 458. The van der Waals surface area contributed by atoms with Crippen molar-refractivity contribution in [2.75, 3.05) is 0 Å². The van der Waals surface area contributed by atoms with Crippen molar-refractivity contribution in [3.05, 3.63) is 35.4 Å². The second-order valence-corrected chi connectivity index (χ2v) is 5.24. The molecule has 0 aliphatic heterocycles. The normalized spacial score (nSPS) is 10.4. The molecule has 0 heterocycles. The van der Waals surface area contributed by atoms with E-state index in [1.807, 2.05) is 45.0 Å². The lowest BCUT2D eigenvalue weighted by Gasteiger charge is -2.19. The molecular weight excluding hydrogens is 244 g/mol. The molecule has 0 saturated heterocycles. The van der Waals surface area contributed by atoms with Gasteiger partial charge in [-0.1, -0.05) is 30.7 Å². The number of ether oxygens (including phenoxy) is 1. The fourth-order valence-corrected chi connectivity index (χ4v) is 1.59. The molecular formula is C15H18O2S. The number of esters is 1. The van der Waals surface area contributed by atoms with Gasteiger partial charge in [-0.3, -0.25) is 4.79 Å². The van der Waals surface area contributed by atoms with E-state index in [0.717, 1.165) is 11.1 Å². The zero-order valence-electron chi connectivity index (χ0n) is 11.0. The van der Waals surface area contributed by atoms with Gasteiger partial charge in [-0.15, -0.1) is 0 Å². The van der Waals surface area contributed by atoms with Gasteiger partial charge in [0, 0.05) is 12.0 Å². The van der Waals surface area contributed by atoms with E-state index in [4.69, 9.17) is 4.74 Å². The Morgan fingerprint density at radius 3 is 2.39 bits per heavy atom. The summed E-state index contributed by atoms with van der Waals surface area (Å²) in [5.41, 5.74) is 1.61. The fraction of sp³-hybridized carbons (Fsp3) is 0.400. The third kappa shape index (κ3) is 5.79. The van der Waals surface area contributed by atoms with E-state index >= 15 is 0 Å². The second-order valence-electron chi connectivity index (χ2n) is 5.02. The first kappa shape index (κ1) is 14.7. The first-order valence-electron chi connectivity index (χ1n) is 5.86. The number of thiol groups is 1. The van der Waals surface area contributed by atoms with Gasteiger partial charge in [0.1, 0.15) is 5.60 Å². The van der Waals surface area contributed by atoms with Crippen molar-refractivity contribution in [2.45, 2.75) is 39.2 Å². The van der Waals surface area contributed by atoms with E-state index in [9.17, 15) is 4.79 Å². The summed E-state index contributed by atoms with van der Waals surface area (Å²) in [6, 6.07) is 7.79. The van der Waals surface area contributed by atoms with E-state index in [1.165, 1.54) is 0 Å². The highest BCUT2D eigenvalue weighted by Crippen LogP contribution is 2.11. The van der Waals surface area contributed by atoms with Crippen molar-refractivity contribution in [1.82, 2.24) is 0 Å². The van der Waals surface area contributed by atoms with E-state index in [-0.39, 0.29) is 5.97 Å². The quantitative estimate of drug-likeness (QED) is 0.514. The average Bonchev–Trinajstić information content (AvgIpc) is 2.26. The standard InChI is InChI=1S/C15H18O2S/c1-15(2,3)17-14(16)9-8-12-4-6-13(7-5-12)10-11-18/h4-7,18H,8-9H2,1-3H3. The minimum absolute atomic E-state index is 0.165. The van der Waals surface area contributed by atoms with Crippen LogP contribution in [-0.2, 0) is 16.0 Å². The summed E-state index contributed by atoms with van der Waals surface area (Å²) < 4.78 is 5.25. The van der Waals surface area contributed by atoms with Crippen LogP contribution in [0.15, 0.2) is 24.3 Å². The molecule has 0 aliphatic rings. The van der Waals surface area contributed by atoms with Crippen LogP contribution in [-0.4, -0.2) is 11.6 Å². The second kappa shape index (κ2) is 6.51. The number of hydrogen-bond acceptors (Lipinski definition) is 3. The lowest BCUT2D eigenvalue weighted by atomic mass is 10.1. The first-order chi connectivity index (χ1) is 8.40. The smallest absolute Gasteiger partial charge is 0.306 e. The molecule has 0 bridgehead atoms. The summed E-state index contributed by atoms with van der Waals surface area (Å²) >= 11 is 3.84. The Morgan fingerprint density at radius 1 is 1.28 bits per heavy atom. The zero-order chi connectivity index (χ0) is 13.6. The van der Waals surface area contributed by atoms with Crippen LogP contribution in [0.25, 0.3) is 0 Å². The molecule has 0 spiro atoms. The number of benzene rings is 1. The fourth-order valence-electron chi connectivity index (χ4n) is 1.46. The molecule has 1 rings (SSSR count). The molecule has 0 saturated carbocycles. The van der Waals surface area contributed by atoms with Crippen LogP contribution in [0.5, 0.6) is 0 Å². The molecule has 0 amide bonds. The summed E-state index contributed by atoms with van der Waals surface area (Å²) in [4.78, 5) is 11.5. The van der Waals surface area contributed by atoms with Crippen LogP contribution in [0.3, 0.4) is 0 Å². The average molecular weight is 262 g/mol. The molecule has 3 heteroatoms. The highest BCUT2D eigenvalue weighted by Gasteiger charge is 2.15. The minimum Gasteiger partial charge on any atom is -0.460 e. The number of aryl methyl sites for hydroxylation is 1. The van der Waals surface area contributed by atoms with Gasteiger partial charge >= 0.3 is 5.97 Å². The molecule has 1 aromatic carbocycles. The van der Waals surface area contributed by atoms with Crippen molar-refractivity contribution in [3.8, 4) is 11.2 Å². The molecule has 0 aliphatic carbocycles. The van der Waals surface area contributed by atoms with Crippen LogP contribution in [0.1, 0.15) is 38.3 Å². The van der Waals surface area contributed by atoms with Crippen LogP contribution in [0.4, 0.5) is 0 Å². The molecule has 2 nitrogen and oxygen atoms in total. The number of rotatable bonds is 3. The summed E-state index contributed by atoms with van der Waals surface area (Å²) in [7, 11) is 0. The predicted octanol–water partition coefficient (Wildman–Crippen LogP) is 3.20. The van der Waals surface area contributed by atoms with Gasteiger partial charge in [0.2, 0.25) is 0 Å². The molecule has 0 atom stereocenters. The van der Waals surface area contributed by atoms with E-state index < -0.39 is 5.60 Å². The minimum atomic E-state index is -0.414. The van der Waals surface area contributed by atoms with Gasteiger partial charge in [-0.2, -0.15) is 0 Å². The van der Waals surface area contributed by atoms with Gasteiger partial charge < -0.3 is 4.74 Å². The van der Waals surface area contributed by atoms with Crippen LogP contribution in [0, 0.1) is 11.2 Å². The maximum Gasteiger partial charge on any atom is 0.306 e. The van der Waals surface area contributed by atoms with Gasteiger partial charge in [0.25, 0.3) is 0 Å². The Morgan fingerprint density at radius 2 is 1.89 bits per heavy atom. The summed E-state index contributed by atoms with van der Waals surface area (Å²) in [5, 5.41) is 2.55. The van der Waals surface area contributed by atoms with E-state index in [2.05, 4.69) is 23.8 Å². The maximum atomic E-state index is 11.5. The Labute approximate surface area is 114 Å². The highest BCUT2D eigenvalue weighted by molar-refractivity contribution is 7.85. The summed E-state index contributed by atoms with van der Waals surface area (Å²) in [5.74, 6) is 2.69. The van der Waals surface area contributed by atoms with Crippen molar-refractivity contribution in [2.24, 2.45) is 0 Å². The van der Waals surface area contributed by atoms with Crippen molar-refractivity contribution in [1.29, 1.82) is 0 Å². The van der Waals surface area contributed by atoms with Crippen molar-refractivity contribution >= 4 is 18.6 Å². The van der Waals surface area contributed by atoms with Crippen LogP contribution < -0.4 is 0 Å². The maximum absolute atomic E-state index is 11.5. The van der Waals surface area contributed by atoms with Gasteiger partial charge in [-0.05, 0) is 50.1 Å². The SMILES string of the molecule is CC(C)(C)OC(=O)CCc1ccc(C#CS)cc1. The summed E-state index contributed by atoms with van der Waals surface area (Å²) in [6.07, 6.45) is 1.08. The summed E-state index contributed by atoms with van der Waals surface area (Å²) in [6.45, 7) is 5.61. The molecule has 96 valence electrons. The molecule has 0 N–H and O–H groups in total. The number of hydrogen-bond donors (Lipinski definition) is 1. The third-order valence-electron chi connectivity index (χ3n) is 2.19. The molecule has 0 unspecified atom stereocenters. The lowest BCUT2D eigenvalue weighted by Crippen LogP contribution is -2.23.